The van der Waals surface area contributed by atoms with E-state index >= 15 is 0 Å². The van der Waals surface area contributed by atoms with Crippen LogP contribution in [0.3, 0.4) is 0 Å². The van der Waals surface area contributed by atoms with E-state index in [1.165, 1.54) is 6.07 Å². The number of thiophene rings is 1. The smallest absolute Gasteiger partial charge is 0.346 e. The summed E-state index contributed by atoms with van der Waals surface area (Å²) >= 11 is 1.15. The molecule has 0 atom stereocenters. The predicted octanol–water partition coefficient (Wildman–Crippen LogP) is 3.97. The van der Waals surface area contributed by atoms with Gasteiger partial charge < -0.3 is 5.11 Å². The summed E-state index contributed by atoms with van der Waals surface area (Å²) in [6.07, 6.45) is 0.987. The van der Waals surface area contributed by atoms with Crippen LogP contribution in [0.5, 0.6) is 0 Å². The molecule has 0 amide bonds. The molecule has 5 heteroatoms. The Bertz CT molecular complexity index is 624. The fourth-order valence-electron chi connectivity index (χ4n) is 2.38. The Morgan fingerprint density at radius 3 is 2.75 bits per heavy atom. The lowest BCUT2D eigenvalue weighted by molar-refractivity contribution is 0.0700. The minimum Gasteiger partial charge on any atom is -0.477 e. The zero-order chi connectivity index (χ0) is 14.7. The van der Waals surface area contributed by atoms with Crippen molar-refractivity contribution in [3.8, 4) is 0 Å². The van der Waals surface area contributed by atoms with Gasteiger partial charge in [-0.25, -0.2) is 9.18 Å². The second-order valence-electron chi connectivity index (χ2n) is 4.70. The highest BCUT2D eigenvalue weighted by molar-refractivity contribution is 7.21. The highest BCUT2D eigenvalue weighted by Gasteiger charge is 2.21. The Balaban J connectivity index is 2.53. The van der Waals surface area contributed by atoms with E-state index in [1.54, 1.807) is 12.1 Å². The number of hydrogen-bond acceptors (Lipinski definition) is 3. The second kappa shape index (κ2) is 6.33. The quantitative estimate of drug-likeness (QED) is 0.876. The number of carbonyl (C=O) groups is 1. The summed E-state index contributed by atoms with van der Waals surface area (Å²) < 4.78 is 14.8. The maximum absolute atomic E-state index is 14.1. The van der Waals surface area contributed by atoms with Crippen LogP contribution in [-0.2, 0) is 6.54 Å². The van der Waals surface area contributed by atoms with Gasteiger partial charge in [-0.2, -0.15) is 0 Å². The van der Waals surface area contributed by atoms with E-state index in [0.717, 1.165) is 30.8 Å². The molecule has 0 aliphatic heterocycles. The highest BCUT2D eigenvalue weighted by Crippen LogP contribution is 2.34. The van der Waals surface area contributed by atoms with E-state index in [2.05, 4.69) is 11.8 Å². The molecule has 1 aromatic heterocycles. The lowest BCUT2D eigenvalue weighted by Crippen LogP contribution is -2.24. The number of carboxylic acids is 1. The van der Waals surface area contributed by atoms with Crippen molar-refractivity contribution in [2.24, 2.45) is 0 Å². The molecule has 0 unspecified atom stereocenters. The Labute approximate surface area is 121 Å². The lowest BCUT2D eigenvalue weighted by Gasteiger charge is -2.19. The van der Waals surface area contributed by atoms with Gasteiger partial charge >= 0.3 is 5.97 Å². The molecule has 1 aromatic carbocycles. The van der Waals surface area contributed by atoms with Crippen LogP contribution < -0.4 is 0 Å². The van der Waals surface area contributed by atoms with Crippen LogP contribution in [0.4, 0.5) is 4.39 Å². The van der Waals surface area contributed by atoms with E-state index in [9.17, 15) is 14.3 Å². The van der Waals surface area contributed by atoms with Crippen molar-refractivity contribution in [3.05, 3.63) is 34.5 Å². The maximum Gasteiger partial charge on any atom is 0.346 e. The van der Waals surface area contributed by atoms with Crippen LogP contribution in [0.15, 0.2) is 18.2 Å². The van der Waals surface area contributed by atoms with Crippen molar-refractivity contribution in [2.45, 2.75) is 26.8 Å². The molecule has 2 aromatic rings. The number of aromatic carboxylic acids is 1. The lowest BCUT2D eigenvalue weighted by atomic mass is 10.1. The fourth-order valence-corrected chi connectivity index (χ4v) is 3.45. The first-order valence-corrected chi connectivity index (χ1v) is 7.55. The van der Waals surface area contributed by atoms with Crippen LogP contribution >= 0.6 is 11.3 Å². The molecule has 0 aliphatic rings. The summed E-state index contributed by atoms with van der Waals surface area (Å²) in [5, 5.41) is 9.80. The summed E-state index contributed by atoms with van der Waals surface area (Å²) in [5.41, 5.74) is 0.603. The summed E-state index contributed by atoms with van der Waals surface area (Å²) in [4.78, 5) is 13.8. The topological polar surface area (TPSA) is 40.5 Å². The number of halogens is 1. The third-order valence-electron chi connectivity index (χ3n) is 3.33. The molecule has 1 N–H and O–H groups in total. The first kappa shape index (κ1) is 14.9. The van der Waals surface area contributed by atoms with Crippen molar-refractivity contribution in [1.29, 1.82) is 0 Å². The van der Waals surface area contributed by atoms with Crippen LogP contribution in [0.25, 0.3) is 10.1 Å². The number of hydrogen-bond donors (Lipinski definition) is 1. The molecule has 0 fully saturated rings. The standard InChI is InChI=1S/C15H18FNO2S/c1-3-8-17(4-2)9-10-13-11(16)6-5-7-12(13)20-14(10)15(18)19/h5-7H,3-4,8-9H2,1-2H3,(H,18,19). The monoisotopic (exact) mass is 295 g/mol. The van der Waals surface area contributed by atoms with Crippen molar-refractivity contribution < 1.29 is 14.3 Å². The van der Waals surface area contributed by atoms with Gasteiger partial charge in [0.1, 0.15) is 10.7 Å². The van der Waals surface area contributed by atoms with E-state index < -0.39 is 5.97 Å². The Kier molecular flexibility index (Phi) is 4.73. The summed E-state index contributed by atoms with van der Waals surface area (Å²) in [7, 11) is 0. The second-order valence-corrected chi connectivity index (χ2v) is 5.75. The van der Waals surface area contributed by atoms with Gasteiger partial charge in [-0.15, -0.1) is 11.3 Å². The van der Waals surface area contributed by atoms with Crippen LogP contribution in [0, 0.1) is 5.82 Å². The van der Waals surface area contributed by atoms with Gasteiger partial charge in [0, 0.05) is 22.2 Å². The van der Waals surface area contributed by atoms with Gasteiger partial charge in [0.25, 0.3) is 0 Å². The van der Waals surface area contributed by atoms with E-state index in [4.69, 9.17) is 0 Å². The molecule has 2 rings (SSSR count). The van der Waals surface area contributed by atoms with E-state index in [1.807, 2.05) is 6.92 Å². The first-order chi connectivity index (χ1) is 9.58. The minimum absolute atomic E-state index is 0.250. The molecular formula is C15H18FNO2S. The summed E-state index contributed by atoms with van der Waals surface area (Å²) in [5.74, 6) is -1.32. The van der Waals surface area contributed by atoms with Crippen molar-refractivity contribution in [2.75, 3.05) is 13.1 Å². The third kappa shape index (κ3) is 2.83. The fraction of sp³-hybridized carbons (Fsp3) is 0.400. The first-order valence-electron chi connectivity index (χ1n) is 6.74. The Hall–Kier alpha value is -1.46. The van der Waals surface area contributed by atoms with E-state index in [-0.39, 0.29) is 10.7 Å². The van der Waals surface area contributed by atoms with Gasteiger partial charge in [-0.05, 0) is 31.6 Å². The zero-order valence-electron chi connectivity index (χ0n) is 11.6. The number of nitrogens with zero attached hydrogens (tertiary/aromatic N) is 1. The largest absolute Gasteiger partial charge is 0.477 e. The van der Waals surface area contributed by atoms with Crippen LogP contribution in [-0.4, -0.2) is 29.1 Å². The highest BCUT2D eigenvalue weighted by atomic mass is 32.1. The minimum atomic E-state index is -0.979. The van der Waals surface area contributed by atoms with Crippen LogP contribution in [0.1, 0.15) is 35.5 Å². The summed E-state index contributed by atoms with van der Waals surface area (Å²) in [6, 6.07) is 4.78. The molecular weight excluding hydrogens is 277 g/mol. The average Bonchev–Trinajstić information content (AvgIpc) is 2.78. The Morgan fingerprint density at radius 1 is 1.40 bits per heavy atom. The SMILES string of the molecule is CCCN(CC)Cc1c(C(=O)O)sc2cccc(F)c12. The predicted molar refractivity (Wildman–Crippen MR) is 80.0 cm³/mol. The number of fused-ring (bicyclic) bond motifs is 1. The van der Waals surface area contributed by atoms with Gasteiger partial charge in [-0.3, -0.25) is 4.90 Å². The molecule has 0 aliphatic carbocycles. The molecule has 0 saturated heterocycles. The third-order valence-corrected chi connectivity index (χ3v) is 4.51. The van der Waals surface area contributed by atoms with Gasteiger partial charge in [0.15, 0.2) is 0 Å². The molecule has 108 valence electrons. The molecule has 3 nitrogen and oxygen atoms in total. The number of benzene rings is 1. The Morgan fingerprint density at radius 2 is 2.15 bits per heavy atom. The van der Waals surface area contributed by atoms with Crippen molar-refractivity contribution in [1.82, 2.24) is 4.90 Å². The van der Waals surface area contributed by atoms with Gasteiger partial charge in [0.2, 0.25) is 0 Å². The summed E-state index contributed by atoms with van der Waals surface area (Å²) in [6.45, 7) is 6.28. The molecule has 0 bridgehead atoms. The zero-order valence-corrected chi connectivity index (χ0v) is 12.5. The van der Waals surface area contributed by atoms with Gasteiger partial charge in [0.05, 0.1) is 0 Å². The molecule has 20 heavy (non-hydrogen) atoms. The van der Waals surface area contributed by atoms with Gasteiger partial charge in [-0.1, -0.05) is 19.9 Å². The number of rotatable bonds is 6. The molecule has 0 spiro atoms. The van der Waals surface area contributed by atoms with Crippen molar-refractivity contribution >= 4 is 27.4 Å². The average molecular weight is 295 g/mol. The van der Waals surface area contributed by atoms with E-state index in [0.29, 0.717) is 22.2 Å². The van der Waals surface area contributed by atoms with Crippen LogP contribution in [0.2, 0.25) is 0 Å². The maximum atomic E-state index is 14.1. The number of carboxylic acid groups (broad SMARTS) is 1. The van der Waals surface area contributed by atoms with Crippen molar-refractivity contribution in [3.63, 3.8) is 0 Å². The molecule has 0 radical (unpaired) electrons. The molecule has 1 heterocycles. The normalized spacial score (nSPS) is 11.4. The molecule has 0 saturated carbocycles.